The lowest BCUT2D eigenvalue weighted by Gasteiger charge is -2.51. The first kappa shape index (κ1) is 19.1. The molecule has 1 aliphatic heterocycles. The molecule has 0 aromatic carbocycles. The van der Waals surface area contributed by atoms with Gasteiger partial charge in [-0.05, 0) is 59.5 Å². The number of aliphatic hydroxyl groups excluding tert-OH is 1. The van der Waals surface area contributed by atoms with E-state index >= 15 is 0 Å². The number of hydrogen-bond donors (Lipinski definition) is 3. The van der Waals surface area contributed by atoms with Crippen LogP contribution in [0.25, 0.3) is 0 Å². The second-order valence-electron chi connectivity index (χ2n) is 7.24. The molecule has 6 heteroatoms. The molecule has 22 heavy (non-hydrogen) atoms. The van der Waals surface area contributed by atoms with Gasteiger partial charge in [0.25, 0.3) is 0 Å². The van der Waals surface area contributed by atoms with Crippen molar-refractivity contribution in [2.45, 2.75) is 76.7 Å². The molecule has 0 spiro atoms. The number of carbonyl (C=O) groups is 1. The third-order valence-electron chi connectivity index (χ3n) is 4.06. The fraction of sp³-hybridized carbons (Fsp3) is 0.812. The van der Waals surface area contributed by atoms with Gasteiger partial charge >= 0.3 is 5.97 Å². The zero-order valence-electron chi connectivity index (χ0n) is 14.0. The Kier molecular flexibility index (Phi) is 6.55. The molecule has 0 aliphatic carbocycles. The van der Waals surface area contributed by atoms with E-state index < -0.39 is 12.1 Å². The minimum Gasteiger partial charge on any atom is -0.478 e. The zero-order valence-corrected chi connectivity index (χ0v) is 14.0. The van der Waals surface area contributed by atoms with Crippen molar-refractivity contribution in [2.75, 3.05) is 6.61 Å². The van der Waals surface area contributed by atoms with E-state index in [2.05, 4.69) is 0 Å². The summed E-state index contributed by atoms with van der Waals surface area (Å²) in [5.41, 5.74) is -0.674. The van der Waals surface area contributed by atoms with Gasteiger partial charge in [-0.1, -0.05) is 0 Å². The molecule has 0 bridgehead atoms. The monoisotopic (exact) mass is 315 g/mol. The smallest absolute Gasteiger partial charge is 0.328 e. The maximum absolute atomic E-state index is 10.3. The number of ether oxygens (including phenoxy) is 1. The van der Waals surface area contributed by atoms with Crippen molar-refractivity contribution in [2.24, 2.45) is 0 Å². The van der Waals surface area contributed by atoms with E-state index in [4.69, 9.17) is 9.84 Å². The highest BCUT2D eigenvalue weighted by Crippen LogP contribution is 2.37. The summed E-state index contributed by atoms with van der Waals surface area (Å²) in [5.74, 6) is -1.06. The second-order valence-corrected chi connectivity index (χ2v) is 7.24. The van der Waals surface area contributed by atoms with Gasteiger partial charge in [0.1, 0.15) is 0 Å². The molecule has 1 saturated heterocycles. The van der Waals surface area contributed by atoms with Crippen molar-refractivity contribution in [3.05, 3.63) is 12.2 Å². The Morgan fingerprint density at radius 3 is 2.36 bits per heavy atom. The highest BCUT2D eigenvalue weighted by Gasteiger charge is 2.45. The average molecular weight is 315 g/mol. The summed E-state index contributed by atoms with van der Waals surface area (Å²) in [7, 11) is 0. The Labute approximate surface area is 132 Å². The lowest BCUT2D eigenvalue weighted by Crippen LogP contribution is -2.60. The number of piperidine rings is 1. The molecule has 0 radical (unpaired) electrons. The number of aliphatic carboxylic acids is 1. The second kappa shape index (κ2) is 7.55. The maximum atomic E-state index is 10.3. The summed E-state index contributed by atoms with van der Waals surface area (Å²) in [6.45, 7) is 8.48. The number of carboxylic acid groups (broad SMARTS) is 1. The normalized spacial score (nSPS) is 23.7. The molecule has 6 nitrogen and oxygen atoms in total. The van der Waals surface area contributed by atoms with Crippen molar-refractivity contribution < 1.29 is 25.0 Å². The van der Waals surface area contributed by atoms with E-state index in [1.807, 2.05) is 27.7 Å². The van der Waals surface area contributed by atoms with Crippen LogP contribution in [0.3, 0.4) is 0 Å². The fourth-order valence-electron chi connectivity index (χ4n) is 3.13. The molecular formula is C16H29NO5. The lowest BCUT2D eigenvalue weighted by atomic mass is 9.80. The summed E-state index contributed by atoms with van der Waals surface area (Å²) < 4.78 is 5.89. The number of rotatable bonds is 7. The summed E-state index contributed by atoms with van der Waals surface area (Å²) in [6.07, 6.45) is 4.16. The van der Waals surface area contributed by atoms with Crippen LogP contribution in [0, 0.1) is 0 Å². The van der Waals surface area contributed by atoms with Gasteiger partial charge in [-0.2, -0.15) is 5.06 Å². The van der Waals surface area contributed by atoms with Crippen LogP contribution in [0.1, 0.15) is 53.4 Å². The largest absolute Gasteiger partial charge is 0.478 e. The van der Waals surface area contributed by atoms with Gasteiger partial charge in [0.05, 0.1) is 12.2 Å². The van der Waals surface area contributed by atoms with Crippen molar-refractivity contribution in [3.8, 4) is 0 Å². The van der Waals surface area contributed by atoms with Crippen molar-refractivity contribution in [3.63, 3.8) is 0 Å². The van der Waals surface area contributed by atoms with Crippen LogP contribution in [0.4, 0.5) is 0 Å². The SMILES string of the molecule is CC1(C)CC(OCCCC(O)/C=C/C(=O)O)CC(C)(C)N1O. The molecule has 0 saturated carbocycles. The summed E-state index contributed by atoms with van der Waals surface area (Å²) in [6, 6.07) is 0. The Bertz CT molecular complexity index is 387. The molecular weight excluding hydrogens is 286 g/mol. The van der Waals surface area contributed by atoms with E-state index in [1.54, 1.807) is 0 Å². The Morgan fingerprint density at radius 1 is 1.32 bits per heavy atom. The van der Waals surface area contributed by atoms with Crippen LogP contribution in [-0.2, 0) is 9.53 Å². The number of nitrogens with zero attached hydrogens (tertiary/aromatic N) is 1. The van der Waals surface area contributed by atoms with Crippen LogP contribution in [-0.4, -0.2) is 56.3 Å². The highest BCUT2D eigenvalue weighted by molar-refractivity contribution is 5.79. The molecule has 1 heterocycles. The predicted octanol–water partition coefficient (Wildman–Crippen LogP) is 2.20. The average Bonchev–Trinajstić information content (AvgIpc) is 2.38. The molecule has 0 aromatic heterocycles. The first-order valence-electron chi connectivity index (χ1n) is 7.74. The van der Waals surface area contributed by atoms with Gasteiger partial charge in [0.2, 0.25) is 0 Å². The predicted molar refractivity (Wildman–Crippen MR) is 82.8 cm³/mol. The van der Waals surface area contributed by atoms with Crippen LogP contribution in [0.5, 0.6) is 0 Å². The lowest BCUT2D eigenvalue weighted by molar-refractivity contribution is -0.261. The molecule has 1 fully saturated rings. The van der Waals surface area contributed by atoms with Crippen LogP contribution >= 0.6 is 0 Å². The summed E-state index contributed by atoms with van der Waals surface area (Å²) >= 11 is 0. The fourth-order valence-corrected chi connectivity index (χ4v) is 3.13. The van der Waals surface area contributed by atoms with Gasteiger partial charge in [-0.25, -0.2) is 4.79 Å². The molecule has 1 atom stereocenters. The quantitative estimate of drug-likeness (QED) is 0.493. The van der Waals surface area contributed by atoms with Crippen LogP contribution in [0.2, 0.25) is 0 Å². The van der Waals surface area contributed by atoms with Gasteiger partial charge in [-0.15, -0.1) is 0 Å². The number of aliphatic hydroxyl groups is 1. The Morgan fingerprint density at radius 2 is 1.86 bits per heavy atom. The number of carboxylic acids is 1. The minimum absolute atomic E-state index is 0.0695. The van der Waals surface area contributed by atoms with E-state index in [-0.39, 0.29) is 17.2 Å². The first-order chi connectivity index (χ1) is 10.0. The zero-order chi connectivity index (χ0) is 17.0. The topological polar surface area (TPSA) is 90.2 Å². The van der Waals surface area contributed by atoms with Crippen molar-refractivity contribution >= 4 is 5.97 Å². The molecule has 3 N–H and O–H groups in total. The summed E-state index contributed by atoms with van der Waals surface area (Å²) in [4.78, 5) is 10.3. The Hall–Kier alpha value is -0.950. The Balaban J connectivity index is 2.35. The van der Waals surface area contributed by atoms with E-state index in [0.29, 0.717) is 19.4 Å². The molecule has 128 valence electrons. The molecule has 0 aromatic rings. The van der Waals surface area contributed by atoms with E-state index in [9.17, 15) is 15.1 Å². The van der Waals surface area contributed by atoms with Crippen LogP contribution < -0.4 is 0 Å². The van der Waals surface area contributed by atoms with Crippen molar-refractivity contribution in [1.82, 2.24) is 5.06 Å². The molecule has 1 unspecified atom stereocenters. The van der Waals surface area contributed by atoms with Gasteiger partial charge in [0.15, 0.2) is 0 Å². The van der Waals surface area contributed by atoms with Gasteiger partial charge < -0.3 is 20.2 Å². The van der Waals surface area contributed by atoms with Crippen molar-refractivity contribution in [1.29, 1.82) is 0 Å². The number of hydroxylamine groups is 2. The maximum Gasteiger partial charge on any atom is 0.328 e. The van der Waals surface area contributed by atoms with E-state index in [0.717, 1.165) is 18.9 Å². The highest BCUT2D eigenvalue weighted by atomic mass is 16.5. The standard InChI is InChI=1S/C16H29NO5/c1-15(2)10-13(11-16(3,4)17(15)21)22-9-5-6-12(18)7-8-14(19)20/h7-8,12-13,18,21H,5-6,9-11H2,1-4H3,(H,19,20)/b8-7+. The third-order valence-corrected chi connectivity index (χ3v) is 4.06. The minimum atomic E-state index is -1.06. The first-order valence-corrected chi connectivity index (χ1v) is 7.74. The third kappa shape index (κ3) is 5.68. The molecule has 1 aliphatic rings. The van der Waals surface area contributed by atoms with Gasteiger partial charge in [0, 0.05) is 23.8 Å². The van der Waals surface area contributed by atoms with Gasteiger partial charge in [-0.3, -0.25) is 0 Å². The summed E-state index contributed by atoms with van der Waals surface area (Å²) in [5, 5.41) is 29.7. The molecule has 0 amide bonds. The molecule has 1 rings (SSSR count). The van der Waals surface area contributed by atoms with Crippen LogP contribution in [0.15, 0.2) is 12.2 Å². The van der Waals surface area contributed by atoms with E-state index in [1.165, 1.54) is 11.1 Å². The number of hydrogen-bond acceptors (Lipinski definition) is 5.